The zero-order valence-corrected chi connectivity index (χ0v) is 17.9. The van der Waals surface area contributed by atoms with Crippen LogP contribution < -0.4 is 16.0 Å². The van der Waals surface area contributed by atoms with Crippen molar-refractivity contribution in [1.29, 1.82) is 0 Å². The number of hydrogen-bond acceptors (Lipinski definition) is 5. The summed E-state index contributed by atoms with van der Waals surface area (Å²) in [4.78, 5) is 24.5. The SMILES string of the molecule is CCCNC(=O)CN1CCC(NC(=NCc2sc(C)nc2C)NCC)CC1. The zero-order chi connectivity index (χ0) is 19.6. The van der Waals surface area contributed by atoms with Crippen LogP contribution in [0.15, 0.2) is 4.99 Å². The van der Waals surface area contributed by atoms with Crippen molar-refractivity contribution in [3.8, 4) is 0 Å². The van der Waals surface area contributed by atoms with E-state index in [4.69, 9.17) is 4.99 Å². The molecule has 7 nitrogen and oxygen atoms in total. The van der Waals surface area contributed by atoms with E-state index in [0.717, 1.165) is 62.1 Å². The van der Waals surface area contributed by atoms with E-state index in [9.17, 15) is 4.79 Å². The number of aromatic nitrogens is 1. The molecule has 2 rings (SSSR count). The number of carbonyl (C=O) groups is 1. The summed E-state index contributed by atoms with van der Waals surface area (Å²) in [6.07, 6.45) is 3.01. The summed E-state index contributed by atoms with van der Waals surface area (Å²) in [5.41, 5.74) is 1.08. The van der Waals surface area contributed by atoms with Gasteiger partial charge < -0.3 is 16.0 Å². The van der Waals surface area contributed by atoms with Gasteiger partial charge in [0.25, 0.3) is 0 Å². The van der Waals surface area contributed by atoms with Crippen LogP contribution >= 0.6 is 11.3 Å². The third-order valence-electron chi connectivity index (χ3n) is 4.59. The van der Waals surface area contributed by atoms with E-state index in [1.807, 2.05) is 13.8 Å². The molecule has 0 unspecified atom stereocenters. The summed E-state index contributed by atoms with van der Waals surface area (Å²) in [5, 5.41) is 10.9. The van der Waals surface area contributed by atoms with Crippen molar-refractivity contribution in [3.63, 3.8) is 0 Å². The zero-order valence-electron chi connectivity index (χ0n) is 17.1. The monoisotopic (exact) mass is 394 g/mol. The molecule has 1 aromatic heterocycles. The molecule has 0 aromatic carbocycles. The second kappa shape index (κ2) is 11.2. The number of piperidine rings is 1. The summed E-state index contributed by atoms with van der Waals surface area (Å²) < 4.78 is 0. The topological polar surface area (TPSA) is 81.7 Å². The van der Waals surface area contributed by atoms with Gasteiger partial charge in [0, 0.05) is 37.1 Å². The molecule has 0 atom stereocenters. The number of guanidine groups is 1. The van der Waals surface area contributed by atoms with Gasteiger partial charge in [0.1, 0.15) is 0 Å². The van der Waals surface area contributed by atoms with E-state index < -0.39 is 0 Å². The van der Waals surface area contributed by atoms with Crippen LogP contribution in [-0.4, -0.2) is 60.5 Å². The number of nitrogens with one attached hydrogen (secondary N) is 3. The molecular formula is C19H34N6OS. The Kier molecular flexibility index (Phi) is 9.00. The number of nitrogens with zero attached hydrogens (tertiary/aromatic N) is 3. The van der Waals surface area contributed by atoms with E-state index in [1.54, 1.807) is 11.3 Å². The van der Waals surface area contributed by atoms with Gasteiger partial charge >= 0.3 is 0 Å². The fourth-order valence-corrected chi connectivity index (χ4v) is 4.00. The highest BCUT2D eigenvalue weighted by Gasteiger charge is 2.21. The largest absolute Gasteiger partial charge is 0.357 e. The standard InChI is InChI=1S/C19H34N6OS/c1-5-9-21-18(26)13-25-10-7-16(8-11-25)24-19(20-6-2)22-12-17-14(3)23-15(4)27-17/h16H,5-13H2,1-4H3,(H,21,26)(H2,20,22,24). The molecule has 1 fully saturated rings. The second-order valence-electron chi connectivity index (χ2n) is 6.98. The molecule has 1 aromatic rings. The van der Waals surface area contributed by atoms with Crippen LogP contribution in [0.4, 0.5) is 0 Å². The Hall–Kier alpha value is -1.67. The third kappa shape index (κ3) is 7.46. The second-order valence-corrected chi connectivity index (χ2v) is 8.27. The minimum Gasteiger partial charge on any atom is -0.357 e. The number of aryl methyl sites for hydroxylation is 2. The number of hydrogen-bond donors (Lipinski definition) is 3. The van der Waals surface area contributed by atoms with Crippen LogP contribution in [0.1, 0.15) is 48.7 Å². The van der Waals surface area contributed by atoms with Gasteiger partial charge in [-0.25, -0.2) is 9.98 Å². The lowest BCUT2D eigenvalue weighted by Crippen LogP contribution is -2.50. The molecule has 3 N–H and O–H groups in total. The van der Waals surface area contributed by atoms with Gasteiger partial charge in [-0.3, -0.25) is 9.69 Å². The van der Waals surface area contributed by atoms with Gasteiger partial charge in [-0.2, -0.15) is 0 Å². The molecule has 1 aliphatic rings. The smallest absolute Gasteiger partial charge is 0.234 e. The predicted octanol–water partition coefficient (Wildman–Crippen LogP) is 1.81. The number of aliphatic imine (C=N–C) groups is 1. The number of likely N-dealkylation sites (tertiary alicyclic amines) is 1. The van der Waals surface area contributed by atoms with E-state index in [2.05, 4.69) is 39.7 Å². The number of rotatable bonds is 8. The first-order valence-corrected chi connectivity index (χ1v) is 10.8. The van der Waals surface area contributed by atoms with Crippen molar-refractivity contribution in [3.05, 3.63) is 15.6 Å². The summed E-state index contributed by atoms with van der Waals surface area (Å²) in [7, 11) is 0. The maximum atomic E-state index is 11.9. The number of carbonyl (C=O) groups excluding carboxylic acids is 1. The third-order valence-corrected chi connectivity index (χ3v) is 5.65. The fourth-order valence-electron chi connectivity index (χ4n) is 3.14. The Labute approximate surface area is 167 Å². The molecule has 152 valence electrons. The molecule has 0 radical (unpaired) electrons. The minimum absolute atomic E-state index is 0.133. The maximum absolute atomic E-state index is 11.9. The molecule has 0 aliphatic carbocycles. The molecule has 1 amide bonds. The van der Waals surface area contributed by atoms with Gasteiger partial charge in [0.2, 0.25) is 5.91 Å². The van der Waals surface area contributed by atoms with Gasteiger partial charge in [0.05, 0.1) is 23.8 Å². The Morgan fingerprint density at radius 1 is 1.26 bits per heavy atom. The average molecular weight is 395 g/mol. The quantitative estimate of drug-likeness (QED) is 0.463. The van der Waals surface area contributed by atoms with Crippen molar-refractivity contribution in [2.24, 2.45) is 4.99 Å². The lowest BCUT2D eigenvalue weighted by Gasteiger charge is -2.32. The number of thiazole rings is 1. The van der Waals surface area contributed by atoms with Crippen molar-refractivity contribution >= 4 is 23.2 Å². The fraction of sp³-hybridized carbons (Fsp3) is 0.737. The highest BCUT2D eigenvalue weighted by Crippen LogP contribution is 2.18. The van der Waals surface area contributed by atoms with E-state index in [0.29, 0.717) is 19.1 Å². The van der Waals surface area contributed by atoms with Crippen LogP contribution in [0.25, 0.3) is 0 Å². The molecule has 0 saturated carbocycles. The van der Waals surface area contributed by atoms with Gasteiger partial charge in [-0.05, 0) is 40.0 Å². The van der Waals surface area contributed by atoms with Crippen LogP contribution in [0.3, 0.4) is 0 Å². The van der Waals surface area contributed by atoms with Gasteiger partial charge in [-0.1, -0.05) is 6.92 Å². The number of amides is 1. The Bertz CT molecular complexity index is 622. The van der Waals surface area contributed by atoms with E-state index in [-0.39, 0.29) is 5.91 Å². The normalized spacial score (nSPS) is 16.4. The van der Waals surface area contributed by atoms with Crippen molar-refractivity contribution < 1.29 is 4.79 Å². The molecule has 8 heteroatoms. The van der Waals surface area contributed by atoms with Gasteiger partial charge in [0.15, 0.2) is 5.96 Å². The Morgan fingerprint density at radius 2 is 2.00 bits per heavy atom. The van der Waals surface area contributed by atoms with Crippen LogP contribution in [0.5, 0.6) is 0 Å². The van der Waals surface area contributed by atoms with Crippen molar-refractivity contribution in [2.45, 2.75) is 59.5 Å². The molecule has 0 bridgehead atoms. The predicted molar refractivity (Wildman–Crippen MR) is 112 cm³/mol. The lowest BCUT2D eigenvalue weighted by molar-refractivity contribution is -0.122. The Morgan fingerprint density at radius 3 is 2.59 bits per heavy atom. The van der Waals surface area contributed by atoms with E-state index in [1.165, 1.54) is 4.88 Å². The molecule has 1 saturated heterocycles. The van der Waals surface area contributed by atoms with Crippen LogP contribution in [-0.2, 0) is 11.3 Å². The first-order valence-electron chi connectivity index (χ1n) is 9.98. The first kappa shape index (κ1) is 21.6. The van der Waals surface area contributed by atoms with Gasteiger partial charge in [-0.15, -0.1) is 11.3 Å². The highest BCUT2D eigenvalue weighted by atomic mass is 32.1. The molecule has 1 aliphatic heterocycles. The van der Waals surface area contributed by atoms with Crippen LogP contribution in [0, 0.1) is 13.8 Å². The Balaban J connectivity index is 1.80. The average Bonchev–Trinajstić information content (AvgIpc) is 2.97. The van der Waals surface area contributed by atoms with Crippen molar-refractivity contribution in [1.82, 2.24) is 25.8 Å². The maximum Gasteiger partial charge on any atom is 0.234 e. The summed E-state index contributed by atoms with van der Waals surface area (Å²) in [6.45, 7) is 12.9. The molecular weight excluding hydrogens is 360 g/mol. The van der Waals surface area contributed by atoms with Crippen molar-refractivity contribution in [2.75, 3.05) is 32.7 Å². The molecule has 27 heavy (non-hydrogen) atoms. The summed E-state index contributed by atoms with van der Waals surface area (Å²) in [6, 6.07) is 0.391. The first-order chi connectivity index (χ1) is 13.0. The highest BCUT2D eigenvalue weighted by molar-refractivity contribution is 7.11. The lowest BCUT2D eigenvalue weighted by atomic mass is 10.1. The summed E-state index contributed by atoms with van der Waals surface area (Å²) in [5.74, 6) is 0.996. The van der Waals surface area contributed by atoms with E-state index >= 15 is 0 Å². The molecule has 2 heterocycles. The minimum atomic E-state index is 0.133. The van der Waals surface area contributed by atoms with Crippen LogP contribution in [0.2, 0.25) is 0 Å². The molecule has 0 spiro atoms. The summed E-state index contributed by atoms with van der Waals surface area (Å²) >= 11 is 1.71.